The van der Waals surface area contributed by atoms with Crippen molar-refractivity contribution >= 4 is 23.3 Å². The number of carbonyl (C=O) groups is 1. The van der Waals surface area contributed by atoms with Gasteiger partial charge in [-0.3, -0.25) is 14.9 Å². The maximum Gasteiger partial charge on any atom is 0.311 e. The van der Waals surface area contributed by atoms with Gasteiger partial charge in [0.1, 0.15) is 5.82 Å². The third kappa shape index (κ3) is 3.64. The minimum atomic E-state index is -1.22. The van der Waals surface area contributed by atoms with Gasteiger partial charge in [0.15, 0.2) is 0 Å². The molecule has 0 aromatic heterocycles. The first-order valence-electron chi connectivity index (χ1n) is 5.60. The summed E-state index contributed by atoms with van der Waals surface area (Å²) < 4.78 is 13.4. The third-order valence-electron chi connectivity index (χ3n) is 2.65. The van der Waals surface area contributed by atoms with Crippen LogP contribution in [0.1, 0.15) is 31.7 Å². The Balaban J connectivity index is 3.40. The van der Waals surface area contributed by atoms with Crippen molar-refractivity contribution in [3.63, 3.8) is 0 Å². The minimum Gasteiger partial charge on any atom is -0.481 e. The zero-order valence-electron chi connectivity index (χ0n) is 10.4. The molecule has 0 amide bonds. The summed E-state index contributed by atoms with van der Waals surface area (Å²) in [5.74, 6) is -3.22. The van der Waals surface area contributed by atoms with E-state index in [0.29, 0.717) is 0 Å². The molecule has 0 radical (unpaired) electrons. The predicted molar refractivity (Wildman–Crippen MR) is 67.9 cm³/mol. The summed E-state index contributed by atoms with van der Waals surface area (Å²) in [5, 5.41) is 19.7. The van der Waals surface area contributed by atoms with Gasteiger partial charge in [-0.1, -0.05) is 25.4 Å². The molecule has 0 spiro atoms. The van der Waals surface area contributed by atoms with Crippen LogP contribution in [0.5, 0.6) is 0 Å². The zero-order chi connectivity index (χ0) is 14.7. The Morgan fingerprint density at radius 3 is 2.53 bits per heavy atom. The Kier molecular flexibility index (Phi) is 4.83. The van der Waals surface area contributed by atoms with Crippen molar-refractivity contribution in [1.29, 1.82) is 0 Å². The molecular formula is C12H13ClFNO4. The van der Waals surface area contributed by atoms with Crippen LogP contribution in [0, 0.1) is 21.8 Å². The fourth-order valence-corrected chi connectivity index (χ4v) is 1.98. The van der Waals surface area contributed by atoms with E-state index < -0.39 is 33.3 Å². The molecule has 0 aliphatic carbocycles. The first-order chi connectivity index (χ1) is 8.73. The maximum atomic E-state index is 13.4. The highest BCUT2D eigenvalue weighted by Crippen LogP contribution is 2.34. The molecule has 104 valence electrons. The van der Waals surface area contributed by atoms with Crippen LogP contribution in [0.3, 0.4) is 0 Å². The van der Waals surface area contributed by atoms with Crippen molar-refractivity contribution in [3.05, 3.63) is 38.7 Å². The summed E-state index contributed by atoms with van der Waals surface area (Å²) in [6.45, 7) is 3.57. The smallest absolute Gasteiger partial charge is 0.311 e. The van der Waals surface area contributed by atoms with E-state index in [1.807, 2.05) is 0 Å². The zero-order valence-corrected chi connectivity index (χ0v) is 11.1. The van der Waals surface area contributed by atoms with Crippen molar-refractivity contribution in [2.45, 2.75) is 26.2 Å². The molecule has 0 saturated carbocycles. The molecule has 1 atom stereocenters. The van der Waals surface area contributed by atoms with Crippen LogP contribution in [0.4, 0.5) is 10.1 Å². The molecule has 1 N–H and O–H groups in total. The Morgan fingerprint density at radius 2 is 2.11 bits per heavy atom. The van der Waals surface area contributed by atoms with Gasteiger partial charge in [-0.2, -0.15) is 0 Å². The number of hydrogen-bond acceptors (Lipinski definition) is 3. The van der Waals surface area contributed by atoms with Crippen molar-refractivity contribution in [2.75, 3.05) is 0 Å². The fraction of sp³-hybridized carbons (Fsp3) is 0.417. The topological polar surface area (TPSA) is 80.4 Å². The summed E-state index contributed by atoms with van der Waals surface area (Å²) >= 11 is 5.49. The Labute approximate surface area is 114 Å². The number of nitro groups is 1. The third-order valence-corrected chi connectivity index (χ3v) is 2.94. The van der Waals surface area contributed by atoms with Crippen LogP contribution in [-0.4, -0.2) is 16.0 Å². The van der Waals surface area contributed by atoms with E-state index in [0.717, 1.165) is 12.1 Å². The van der Waals surface area contributed by atoms with E-state index in [1.165, 1.54) is 0 Å². The molecule has 1 rings (SSSR count). The number of halogens is 2. The van der Waals surface area contributed by atoms with Crippen LogP contribution < -0.4 is 0 Å². The van der Waals surface area contributed by atoms with Crippen LogP contribution in [0.2, 0.25) is 5.02 Å². The summed E-state index contributed by atoms with van der Waals surface area (Å²) in [6, 6.07) is 1.68. The van der Waals surface area contributed by atoms with Crippen LogP contribution in [-0.2, 0) is 4.79 Å². The molecule has 19 heavy (non-hydrogen) atoms. The molecule has 1 aromatic rings. The lowest BCUT2D eigenvalue weighted by molar-refractivity contribution is -0.385. The quantitative estimate of drug-likeness (QED) is 0.663. The molecular weight excluding hydrogens is 277 g/mol. The van der Waals surface area contributed by atoms with E-state index >= 15 is 0 Å². The Bertz CT molecular complexity index is 519. The number of hydrogen-bond donors (Lipinski definition) is 1. The molecule has 0 aliphatic rings. The van der Waals surface area contributed by atoms with Crippen LogP contribution in [0.25, 0.3) is 0 Å². The number of aliphatic carboxylic acids is 1. The van der Waals surface area contributed by atoms with E-state index in [1.54, 1.807) is 13.8 Å². The highest BCUT2D eigenvalue weighted by Gasteiger charge is 2.30. The number of nitro benzene ring substituents is 1. The van der Waals surface area contributed by atoms with Gasteiger partial charge < -0.3 is 5.11 Å². The normalized spacial score (nSPS) is 12.5. The minimum absolute atomic E-state index is 0.000515. The van der Waals surface area contributed by atoms with Gasteiger partial charge in [-0.05, 0) is 18.4 Å². The second-order valence-electron chi connectivity index (χ2n) is 4.60. The first kappa shape index (κ1) is 15.4. The Hall–Kier alpha value is -1.69. The number of rotatable bonds is 5. The highest BCUT2D eigenvalue weighted by atomic mass is 35.5. The second-order valence-corrected chi connectivity index (χ2v) is 5.01. The standard InChI is InChI=1S/C12H13ClFNO4/c1-6(2)3-8(12(16)17)7-4-10(14)9(13)5-11(7)15(18)19/h4-6,8H,3H2,1-2H3,(H,16,17). The fourth-order valence-electron chi connectivity index (χ4n) is 1.82. The van der Waals surface area contributed by atoms with Gasteiger partial charge in [0.05, 0.1) is 15.9 Å². The monoisotopic (exact) mass is 289 g/mol. The maximum absolute atomic E-state index is 13.4. The van der Waals surface area contributed by atoms with E-state index in [-0.39, 0.29) is 17.9 Å². The van der Waals surface area contributed by atoms with Crippen molar-refractivity contribution in [1.82, 2.24) is 0 Å². The summed E-state index contributed by atoms with van der Waals surface area (Å²) in [7, 11) is 0. The molecule has 5 nitrogen and oxygen atoms in total. The molecule has 1 aromatic carbocycles. The molecule has 0 bridgehead atoms. The molecule has 0 aliphatic heterocycles. The van der Waals surface area contributed by atoms with Gasteiger partial charge in [-0.25, -0.2) is 4.39 Å². The van der Waals surface area contributed by atoms with Crippen molar-refractivity contribution < 1.29 is 19.2 Å². The number of carboxylic acids is 1. The second kappa shape index (κ2) is 5.97. The number of benzene rings is 1. The van der Waals surface area contributed by atoms with Gasteiger partial charge in [0.2, 0.25) is 0 Å². The lowest BCUT2D eigenvalue weighted by Gasteiger charge is -2.15. The van der Waals surface area contributed by atoms with Gasteiger partial charge in [-0.15, -0.1) is 0 Å². The molecule has 0 saturated heterocycles. The summed E-state index contributed by atoms with van der Waals surface area (Å²) in [5.41, 5.74) is -0.632. The Morgan fingerprint density at radius 1 is 1.53 bits per heavy atom. The lowest BCUT2D eigenvalue weighted by atomic mass is 9.89. The van der Waals surface area contributed by atoms with Crippen LogP contribution >= 0.6 is 11.6 Å². The number of carboxylic acid groups (broad SMARTS) is 1. The van der Waals surface area contributed by atoms with E-state index in [4.69, 9.17) is 16.7 Å². The van der Waals surface area contributed by atoms with E-state index in [9.17, 15) is 19.3 Å². The average molecular weight is 290 g/mol. The average Bonchev–Trinajstić information content (AvgIpc) is 2.28. The molecule has 1 unspecified atom stereocenters. The first-order valence-corrected chi connectivity index (χ1v) is 5.98. The highest BCUT2D eigenvalue weighted by molar-refractivity contribution is 6.31. The van der Waals surface area contributed by atoms with E-state index in [2.05, 4.69) is 0 Å². The molecule has 0 heterocycles. The summed E-state index contributed by atoms with van der Waals surface area (Å²) in [6.07, 6.45) is 0.178. The van der Waals surface area contributed by atoms with Crippen LogP contribution in [0.15, 0.2) is 12.1 Å². The van der Waals surface area contributed by atoms with Gasteiger partial charge in [0.25, 0.3) is 5.69 Å². The van der Waals surface area contributed by atoms with Gasteiger partial charge >= 0.3 is 5.97 Å². The van der Waals surface area contributed by atoms with Gasteiger partial charge in [0, 0.05) is 11.6 Å². The molecule has 0 fully saturated rings. The lowest BCUT2D eigenvalue weighted by Crippen LogP contribution is -2.16. The predicted octanol–water partition coefficient (Wildman–Crippen LogP) is 3.60. The largest absolute Gasteiger partial charge is 0.481 e. The summed E-state index contributed by atoms with van der Waals surface area (Å²) in [4.78, 5) is 21.4. The van der Waals surface area contributed by atoms with Crippen molar-refractivity contribution in [3.8, 4) is 0 Å². The SMILES string of the molecule is CC(C)CC(C(=O)O)c1cc(F)c(Cl)cc1[N+](=O)[O-]. The van der Waals surface area contributed by atoms with Crippen molar-refractivity contribution in [2.24, 2.45) is 5.92 Å². The molecule has 7 heteroatoms. The number of nitrogens with zero attached hydrogens (tertiary/aromatic N) is 1.